The quantitative estimate of drug-likeness (QED) is 0.652. The molecule has 1 fully saturated rings. The van der Waals surface area contributed by atoms with Crippen LogP contribution in [0.2, 0.25) is 0 Å². The van der Waals surface area contributed by atoms with Gasteiger partial charge in [0.25, 0.3) is 0 Å². The lowest BCUT2D eigenvalue weighted by atomic mass is 9.90. The molecule has 17 heavy (non-hydrogen) atoms. The number of hydrogen-bond donors (Lipinski definition) is 2. The van der Waals surface area contributed by atoms with E-state index in [2.05, 4.69) is 11.0 Å². The molecule has 4 N–H and O–H groups in total. The summed E-state index contributed by atoms with van der Waals surface area (Å²) in [6, 6.07) is 2.19. The van der Waals surface area contributed by atoms with Crippen LogP contribution in [0.3, 0.4) is 0 Å². The maximum atomic E-state index is 10.5. The highest BCUT2D eigenvalue weighted by atomic mass is 16.1. The fourth-order valence-electron chi connectivity index (χ4n) is 2.10. The number of primary amides is 1. The fourth-order valence-corrected chi connectivity index (χ4v) is 2.10. The largest absolute Gasteiger partial charge is 0.370 e. The average molecular weight is 238 g/mol. The smallest absolute Gasteiger partial charge is 0.217 e. The van der Waals surface area contributed by atoms with Gasteiger partial charge in [-0.2, -0.15) is 5.26 Å². The van der Waals surface area contributed by atoms with E-state index in [1.807, 2.05) is 0 Å². The first kappa shape index (κ1) is 13.9. The van der Waals surface area contributed by atoms with Crippen LogP contribution in [0.25, 0.3) is 0 Å². The third kappa shape index (κ3) is 5.16. The average Bonchev–Trinajstić information content (AvgIpc) is 2.31. The van der Waals surface area contributed by atoms with Crippen LogP contribution in [0.5, 0.6) is 0 Å². The molecule has 1 rings (SSSR count). The maximum Gasteiger partial charge on any atom is 0.217 e. The second-order valence-corrected chi connectivity index (χ2v) is 4.89. The van der Waals surface area contributed by atoms with Gasteiger partial charge in [0.15, 0.2) is 0 Å². The molecule has 0 unspecified atom stereocenters. The molecule has 0 aromatic carbocycles. The Hall–Kier alpha value is -1.12. The van der Waals surface area contributed by atoms with Crippen molar-refractivity contribution < 1.29 is 4.79 Å². The van der Waals surface area contributed by atoms with Gasteiger partial charge in [0.05, 0.1) is 6.07 Å². The van der Waals surface area contributed by atoms with E-state index in [1.165, 1.54) is 0 Å². The Balaban J connectivity index is 2.07. The fraction of sp³-hybridized carbons (Fsp3) is 0.833. The number of hydrogen-bond acceptors (Lipinski definition) is 4. The van der Waals surface area contributed by atoms with Crippen molar-refractivity contribution in [3.63, 3.8) is 0 Å². The summed E-state index contributed by atoms with van der Waals surface area (Å²) in [6.07, 6.45) is 4.99. The summed E-state index contributed by atoms with van der Waals surface area (Å²) in [4.78, 5) is 12.9. The lowest BCUT2D eigenvalue weighted by molar-refractivity contribution is -0.118. The van der Waals surface area contributed by atoms with Gasteiger partial charge in [-0.3, -0.25) is 4.79 Å². The predicted octanol–water partition coefficient (Wildman–Crippen LogP) is 0.349. The molecule has 0 saturated carbocycles. The van der Waals surface area contributed by atoms with Gasteiger partial charge in [-0.05, 0) is 32.2 Å². The number of nitrogens with two attached hydrogens (primary N) is 2. The van der Waals surface area contributed by atoms with E-state index in [9.17, 15) is 4.79 Å². The normalized spacial score (nSPS) is 19.8. The first-order valence-electron chi connectivity index (χ1n) is 6.26. The molecule has 1 aliphatic rings. The SMILES string of the molecule is N#CC1(N)CCN(CCCCCC(N)=O)CC1. The molecule has 1 saturated heterocycles. The minimum atomic E-state index is -0.609. The lowest BCUT2D eigenvalue weighted by Crippen LogP contribution is -2.49. The van der Waals surface area contributed by atoms with Crippen molar-refractivity contribution in [1.82, 2.24) is 4.90 Å². The first-order valence-corrected chi connectivity index (χ1v) is 6.26. The van der Waals surface area contributed by atoms with Crippen LogP contribution in [0.1, 0.15) is 38.5 Å². The number of nitriles is 1. The number of nitrogens with zero attached hydrogens (tertiary/aromatic N) is 2. The molecule has 1 amide bonds. The number of piperidine rings is 1. The highest BCUT2D eigenvalue weighted by Crippen LogP contribution is 2.19. The van der Waals surface area contributed by atoms with Crippen LogP contribution in [0, 0.1) is 11.3 Å². The number of amides is 1. The van der Waals surface area contributed by atoms with Crippen molar-refractivity contribution in [1.29, 1.82) is 5.26 Å². The minimum Gasteiger partial charge on any atom is -0.370 e. The highest BCUT2D eigenvalue weighted by molar-refractivity contribution is 5.73. The molecule has 0 bridgehead atoms. The third-order valence-corrected chi connectivity index (χ3v) is 3.37. The second kappa shape index (κ2) is 6.58. The van der Waals surface area contributed by atoms with Crippen molar-refractivity contribution in [2.75, 3.05) is 19.6 Å². The van der Waals surface area contributed by atoms with Crippen LogP contribution in [0.4, 0.5) is 0 Å². The maximum absolute atomic E-state index is 10.5. The van der Waals surface area contributed by atoms with E-state index in [0.717, 1.165) is 51.7 Å². The number of unbranched alkanes of at least 4 members (excludes halogenated alkanes) is 2. The predicted molar refractivity (Wildman–Crippen MR) is 65.9 cm³/mol. The molecule has 0 atom stereocenters. The summed E-state index contributed by atoms with van der Waals surface area (Å²) in [5, 5.41) is 8.90. The Kier molecular flexibility index (Phi) is 5.39. The van der Waals surface area contributed by atoms with Crippen molar-refractivity contribution >= 4 is 5.91 Å². The van der Waals surface area contributed by atoms with Gasteiger partial charge < -0.3 is 16.4 Å². The molecule has 1 aliphatic heterocycles. The van der Waals surface area contributed by atoms with Crippen LogP contribution in [0.15, 0.2) is 0 Å². The van der Waals surface area contributed by atoms with Crippen molar-refractivity contribution in [2.24, 2.45) is 11.5 Å². The Morgan fingerprint density at radius 3 is 2.47 bits per heavy atom. The topological polar surface area (TPSA) is 96.1 Å². The molecule has 1 heterocycles. The van der Waals surface area contributed by atoms with Gasteiger partial charge in [0.2, 0.25) is 5.91 Å². The van der Waals surface area contributed by atoms with Gasteiger partial charge in [-0.25, -0.2) is 0 Å². The molecule has 0 aromatic heterocycles. The van der Waals surface area contributed by atoms with Crippen molar-refractivity contribution in [2.45, 2.75) is 44.1 Å². The van der Waals surface area contributed by atoms with Crippen molar-refractivity contribution in [3.8, 4) is 6.07 Å². The molecular weight excluding hydrogens is 216 g/mol. The van der Waals surface area contributed by atoms with Crippen LogP contribution in [-0.4, -0.2) is 36.0 Å². The zero-order valence-corrected chi connectivity index (χ0v) is 10.3. The molecule has 96 valence electrons. The zero-order chi connectivity index (χ0) is 12.7. The Morgan fingerprint density at radius 1 is 1.29 bits per heavy atom. The van der Waals surface area contributed by atoms with Gasteiger partial charge in [-0.1, -0.05) is 6.42 Å². The summed E-state index contributed by atoms with van der Waals surface area (Å²) < 4.78 is 0. The first-order chi connectivity index (χ1) is 8.06. The number of carbonyl (C=O) groups excluding carboxylic acids is 1. The van der Waals surface area contributed by atoms with E-state index in [1.54, 1.807) is 0 Å². The zero-order valence-electron chi connectivity index (χ0n) is 10.3. The van der Waals surface area contributed by atoms with Crippen molar-refractivity contribution in [3.05, 3.63) is 0 Å². The number of rotatable bonds is 6. The summed E-state index contributed by atoms with van der Waals surface area (Å²) in [6.45, 7) is 2.83. The summed E-state index contributed by atoms with van der Waals surface area (Å²) in [5.74, 6) is -0.218. The van der Waals surface area contributed by atoms with E-state index in [0.29, 0.717) is 6.42 Å². The van der Waals surface area contributed by atoms with Gasteiger partial charge in [-0.15, -0.1) is 0 Å². The second-order valence-electron chi connectivity index (χ2n) is 4.89. The Bertz CT molecular complexity index is 289. The van der Waals surface area contributed by atoms with E-state index >= 15 is 0 Å². The van der Waals surface area contributed by atoms with Crippen LogP contribution in [-0.2, 0) is 4.79 Å². The highest BCUT2D eigenvalue weighted by Gasteiger charge is 2.29. The standard InChI is InChI=1S/C12H22N4O/c13-10-12(15)5-8-16(9-6-12)7-3-1-2-4-11(14)17/h1-9,15H2,(H2,14,17). The van der Waals surface area contributed by atoms with Gasteiger partial charge in [0.1, 0.15) is 5.54 Å². The summed E-state index contributed by atoms with van der Waals surface area (Å²) in [7, 11) is 0. The molecule has 0 radical (unpaired) electrons. The molecule has 5 nitrogen and oxygen atoms in total. The number of carbonyl (C=O) groups is 1. The lowest BCUT2D eigenvalue weighted by Gasteiger charge is -2.34. The van der Waals surface area contributed by atoms with Gasteiger partial charge in [0, 0.05) is 19.5 Å². The Labute approximate surface area is 103 Å². The molecular formula is C12H22N4O. The minimum absolute atomic E-state index is 0.218. The molecule has 0 aliphatic carbocycles. The summed E-state index contributed by atoms with van der Waals surface area (Å²) in [5.41, 5.74) is 10.4. The van der Waals surface area contributed by atoms with Crippen LogP contribution < -0.4 is 11.5 Å². The monoisotopic (exact) mass is 238 g/mol. The van der Waals surface area contributed by atoms with Gasteiger partial charge >= 0.3 is 0 Å². The summed E-state index contributed by atoms with van der Waals surface area (Å²) >= 11 is 0. The van der Waals surface area contributed by atoms with E-state index < -0.39 is 5.54 Å². The molecule has 5 heteroatoms. The molecule has 0 spiro atoms. The number of likely N-dealkylation sites (tertiary alicyclic amines) is 1. The molecule has 0 aromatic rings. The third-order valence-electron chi connectivity index (χ3n) is 3.37. The Morgan fingerprint density at radius 2 is 1.94 bits per heavy atom. The van der Waals surface area contributed by atoms with Crippen LogP contribution >= 0.6 is 0 Å². The van der Waals surface area contributed by atoms with E-state index in [4.69, 9.17) is 16.7 Å². The van der Waals surface area contributed by atoms with E-state index in [-0.39, 0.29) is 5.91 Å².